The molecule has 0 aromatic heterocycles. The van der Waals surface area contributed by atoms with E-state index in [0.29, 0.717) is 0 Å². The molecule has 1 aliphatic rings. The molecule has 1 aromatic carbocycles. The average molecular weight is 309 g/mol. The lowest BCUT2D eigenvalue weighted by molar-refractivity contribution is -0.139. The first-order valence-corrected chi connectivity index (χ1v) is 8.08. The summed E-state index contributed by atoms with van der Waals surface area (Å²) in [6, 6.07) is 5.73. The third-order valence-corrected chi connectivity index (χ3v) is 4.74. The monoisotopic (exact) mass is 309 g/mol. The van der Waals surface area contributed by atoms with Gasteiger partial charge in [-0.15, -0.1) is 11.8 Å². The van der Waals surface area contributed by atoms with Crippen molar-refractivity contribution in [1.29, 1.82) is 0 Å². The molecule has 116 valence electrons. The maximum absolute atomic E-state index is 12.6. The highest BCUT2D eigenvalue weighted by Gasteiger charge is 2.37. The largest absolute Gasteiger partial charge is 0.497 e. The quantitative estimate of drug-likeness (QED) is 0.858. The predicted molar refractivity (Wildman–Crippen MR) is 85.9 cm³/mol. The lowest BCUT2D eigenvalue weighted by Gasteiger charge is -2.31. The number of carbonyl (C=O) groups is 1. The fourth-order valence-electron chi connectivity index (χ4n) is 2.40. The maximum Gasteiger partial charge on any atom is 0.229 e. The number of thioether (sulfide) groups is 1. The van der Waals surface area contributed by atoms with Crippen molar-refractivity contribution >= 4 is 17.7 Å². The first-order chi connectivity index (χ1) is 9.88. The van der Waals surface area contributed by atoms with Crippen LogP contribution in [0.4, 0.5) is 0 Å². The van der Waals surface area contributed by atoms with Gasteiger partial charge in [0, 0.05) is 23.3 Å². The Hall–Kier alpha value is -1.36. The molecule has 5 heteroatoms. The number of ether oxygens (including phenoxy) is 2. The molecule has 0 aliphatic carbocycles. The fourth-order valence-corrected chi connectivity index (χ4v) is 3.67. The highest BCUT2D eigenvalue weighted by atomic mass is 32.2. The highest BCUT2D eigenvalue weighted by Crippen LogP contribution is 2.44. The Morgan fingerprint density at radius 3 is 2.57 bits per heavy atom. The molecule has 1 amide bonds. The van der Waals surface area contributed by atoms with Crippen LogP contribution in [0.15, 0.2) is 18.2 Å². The Morgan fingerprint density at radius 2 is 2.00 bits per heavy atom. The summed E-state index contributed by atoms with van der Waals surface area (Å²) in [5, 5.41) is -0.0122. The standard InChI is InChI=1S/C16H23NO3S/c1-16(2,3)15(18)17-8-9-21-14(17)12-10-11(19-4)6-7-13(12)20-5/h6-7,10,14H,8-9H2,1-5H3. The first-order valence-electron chi connectivity index (χ1n) is 7.03. The molecule has 0 saturated carbocycles. The lowest BCUT2D eigenvalue weighted by Crippen LogP contribution is -2.39. The first kappa shape index (κ1) is 16.0. The Balaban J connectivity index is 2.38. The van der Waals surface area contributed by atoms with E-state index in [0.717, 1.165) is 29.4 Å². The molecule has 0 N–H and O–H groups in total. The van der Waals surface area contributed by atoms with Crippen molar-refractivity contribution in [3.63, 3.8) is 0 Å². The molecule has 4 nitrogen and oxygen atoms in total. The number of methoxy groups -OCH3 is 2. The van der Waals surface area contributed by atoms with Crippen LogP contribution >= 0.6 is 11.8 Å². The summed E-state index contributed by atoms with van der Waals surface area (Å²) in [4.78, 5) is 14.6. The van der Waals surface area contributed by atoms with Gasteiger partial charge in [0.25, 0.3) is 0 Å². The van der Waals surface area contributed by atoms with Gasteiger partial charge >= 0.3 is 0 Å². The summed E-state index contributed by atoms with van der Waals surface area (Å²) < 4.78 is 10.8. The smallest absolute Gasteiger partial charge is 0.229 e. The fraction of sp³-hybridized carbons (Fsp3) is 0.562. The van der Waals surface area contributed by atoms with Crippen LogP contribution in [0.25, 0.3) is 0 Å². The topological polar surface area (TPSA) is 38.8 Å². The molecule has 0 bridgehead atoms. The molecule has 0 spiro atoms. The van der Waals surface area contributed by atoms with Crippen molar-refractivity contribution in [2.75, 3.05) is 26.5 Å². The summed E-state index contributed by atoms with van der Waals surface area (Å²) >= 11 is 1.77. The van der Waals surface area contributed by atoms with Crippen LogP contribution in [0.1, 0.15) is 31.7 Å². The van der Waals surface area contributed by atoms with Crippen LogP contribution in [0.3, 0.4) is 0 Å². The molecule has 1 aromatic rings. The summed E-state index contributed by atoms with van der Waals surface area (Å²) in [5.41, 5.74) is 0.617. The molecular formula is C16H23NO3S. The van der Waals surface area contributed by atoms with Gasteiger partial charge in [0.2, 0.25) is 5.91 Å². The van der Waals surface area contributed by atoms with Gasteiger partial charge in [-0.3, -0.25) is 4.79 Å². The van der Waals surface area contributed by atoms with E-state index in [-0.39, 0.29) is 16.7 Å². The van der Waals surface area contributed by atoms with Crippen molar-refractivity contribution in [1.82, 2.24) is 4.90 Å². The molecule has 1 atom stereocenters. The third kappa shape index (κ3) is 3.28. The third-order valence-electron chi connectivity index (χ3n) is 3.50. The normalized spacial score (nSPS) is 18.7. The number of nitrogens with zero attached hydrogens (tertiary/aromatic N) is 1. The molecule has 1 aliphatic heterocycles. The van der Waals surface area contributed by atoms with E-state index in [4.69, 9.17) is 9.47 Å². The molecular weight excluding hydrogens is 286 g/mol. The summed E-state index contributed by atoms with van der Waals surface area (Å²) in [7, 11) is 3.30. The molecule has 21 heavy (non-hydrogen) atoms. The van der Waals surface area contributed by atoms with Crippen molar-refractivity contribution in [3.8, 4) is 11.5 Å². The minimum atomic E-state index is -0.380. The van der Waals surface area contributed by atoms with Gasteiger partial charge in [0.1, 0.15) is 16.9 Å². The maximum atomic E-state index is 12.6. The second-order valence-electron chi connectivity index (χ2n) is 6.08. The number of benzene rings is 1. The van der Waals surface area contributed by atoms with Crippen LogP contribution in [-0.2, 0) is 4.79 Å². The average Bonchev–Trinajstić information content (AvgIpc) is 2.93. The van der Waals surface area contributed by atoms with Gasteiger partial charge in [-0.25, -0.2) is 0 Å². The van der Waals surface area contributed by atoms with Crippen molar-refractivity contribution in [3.05, 3.63) is 23.8 Å². The van der Waals surface area contributed by atoms with Crippen LogP contribution in [-0.4, -0.2) is 37.3 Å². The Morgan fingerprint density at radius 1 is 1.29 bits per heavy atom. The number of rotatable bonds is 3. The SMILES string of the molecule is COc1ccc(OC)c(C2SCCN2C(=O)C(C)(C)C)c1. The molecule has 1 saturated heterocycles. The van der Waals surface area contributed by atoms with Gasteiger partial charge in [0.15, 0.2) is 0 Å². The Kier molecular flexibility index (Phi) is 4.71. The van der Waals surface area contributed by atoms with Crippen LogP contribution in [0.5, 0.6) is 11.5 Å². The van der Waals surface area contributed by atoms with E-state index in [9.17, 15) is 4.79 Å². The minimum absolute atomic E-state index is 0.0122. The summed E-state index contributed by atoms with van der Waals surface area (Å²) in [6.45, 7) is 6.64. The lowest BCUT2D eigenvalue weighted by atomic mass is 9.94. The summed E-state index contributed by atoms with van der Waals surface area (Å²) in [6.07, 6.45) is 0. The van der Waals surface area contributed by atoms with Crippen molar-refractivity contribution in [2.24, 2.45) is 5.41 Å². The zero-order chi connectivity index (χ0) is 15.6. The van der Waals surface area contributed by atoms with E-state index in [1.165, 1.54) is 0 Å². The summed E-state index contributed by atoms with van der Waals surface area (Å²) in [5.74, 6) is 2.68. The molecule has 1 fully saturated rings. The molecule has 0 radical (unpaired) electrons. The van der Waals surface area contributed by atoms with Crippen LogP contribution in [0, 0.1) is 5.41 Å². The molecule has 2 rings (SSSR count). The van der Waals surface area contributed by atoms with Crippen molar-refractivity contribution < 1.29 is 14.3 Å². The Labute approximate surface area is 130 Å². The van der Waals surface area contributed by atoms with Gasteiger partial charge in [-0.05, 0) is 18.2 Å². The second kappa shape index (κ2) is 6.18. The second-order valence-corrected chi connectivity index (χ2v) is 7.27. The minimum Gasteiger partial charge on any atom is -0.497 e. The van der Waals surface area contributed by atoms with Gasteiger partial charge in [-0.2, -0.15) is 0 Å². The van der Waals surface area contributed by atoms with Gasteiger partial charge in [0.05, 0.1) is 14.2 Å². The van der Waals surface area contributed by atoms with E-state index in [1.807, 2.05) is 43.9 Å². The van der Waals surface area contributed by atoms with E-state index < -0.39 is 0 Å². The van der Waals surface area contributed by atoms with E-state index in [2.05, 4.69) is 0 Å². The van der Waals surface area contributed by atoms with Gasteiger partial charge in [-0.1, -0.05) is 20.8 Å². The molecule has 1 heterocycles. The van der Waals surface area contributed by atoms with Crippen LogP contribution in [0.2, 0.25) is 0 Å². The Bertz CT molecular complexity index is 525. The highest BCUT2D eigenvalue weighted by molar-refractivity contribution is 7.99. The van der Waals surface area contributed by atoms with Crippen LogP contribution < -0.4 is 9.47 Å². The number of hydrogen-bond donors (Lipinski definition) is 0. The zero-order valence-corrected chi connectivity index (χ0v) is 14.1. The van der Waals surface area contributed by atoms with E-state index >= 15 is 0 Å². The number of hydrogen-bond acceptors (Lipinski definition) is 4. The number of carbonyl (C=O) groups excluding carboxylic acids is 1. The van der Waals surface area contributed by atoms with Crippen molar-refractivity contribution in [2.45, 2.75) is 26.1 Å². The van der Waals surface area contributed by atoms with Gasteiger partial charge < -0.3 is 14.4 Å². The number of amides is 1. The zero-order valence-electron chi connectivity index (χ0n) is 13.3. The predicted octanol–water partition coefficient (Wildman–Crippen LogP) is 3.32. The molecule has 1 unspecified atom stereocenters. The van der Waals surface area contributed by atoms with E-state index in [1.54, 1.807) is 26.0 Å².